The van der Waals surface area contributed by atoms with E-state index in [4.69, 9.17) is 4.74 Å². The van der Waals surface area contributed by atoms with E-state index in [0.717, 1.165) is 35.5 Å². The molecule has 4 rings (SSSR count). The lowest BCUT2D eigenvalue weighted by atomic mass is 9.75. The Bertz CT molecular complexity index is 783. The number of amides is 1. The van der Waals surface area contributed by atoms with Crippen LogP contribution in [-0.2, 0) is 14.9 Å². The number of fused-ring (bicyclic) bond motifs is 2. The van der Waals surface area contributed by atoms with Gasteiger partial charge in [-0.05, 0) is 62.6 Å². The van der Waals surface area contributed by atoms with Gasteiger partial charge in [0.25, 0.3) is 0 Å². The zero-order valence-corrected chi connectivity index (χ0v) is 14.7. The number of carbonyl (C=O) groups excluding carboxylic acids is 1. The summed E-state index contributed by atoms with van der Waals surface area (Å²) < 4.78 is 5.55. The number of nitrogens with zero attached hydrogens (tertiary/aromatic N) is 2. The molecule has 1 amide bonds. The number of nitrogens with one attached hydrogen (secondary N) is 1. The second-order valence-corrected chi connectivity index (χ2v) is 7.06. The van der Waals surface area contributed by atoms with Crippen LogP contribution in [-0.4, -0.2) is 30.1 Å². The third kappa shape index (κ3) is 2.59. The Morgan fingerprint density at radius 3 is 2.68 bits per heavy atom. The van der Waals surface area contributed by atoms with Crippen molar-refractivity contribution in [1.29, 1.82) is 0 Å². The molecular weight excluding hydrogens is 314 g/mol. The Balaban J connectivity index is 1.77. The van der Waals surface area contributed by atoms with Crippen molar-refractivity contribution < 1.29 is 9.53 Å². The number of pyridine rings is 1. The summed E-state index contributed by atoms with van der Waals surface area (Å²) in [5.74, 6) is 0.222. The first-order valence-corrected chi connectivity index (χ1v) is 8.85. The molecule has 1 aromatic carbocycles. The van der Waals surface area contributed by atoms with E-state index in [1.807, 2.05) is 23.1 Å². The smallest absolute Gasteiger partial charge is 0.238 e. The molecule has 1 fully saturated rings. The molecule has 25 heavy (non-hydrogen) atoms. The molecule has 3 heterocycles. The van der Waals surface area contributed by atoms with Crippen LogP contribution in [0.3, 0.4) is 0 Å². The van der Waals surface area contributed by atoms with Gasteiger partial charge in [0.2, 0.25) is 5.91 Å². The highest BCUT2D eigenvalue weighted by Gasteiger charge is 2.52. The van der Waals surface area contributed by atoms with Gasteiger partial charge in [0.1, 0.15) is 0 Å². The van der Waals surface area contributed by atoms with Crippen LogP contribution >= 0.6 is 0 Å². The second kappa shape index (κ2) is 6.15. The number of rotatable bonds is 3. The van der Waals surface area contributed by atoms with Gasteiger partial charge in [-0.3, -0.25) is 9.78 Å². The highest BCUT2D eigenvalue weighted by molar-refractivity contribution is 6.09. The first-order chi connectivity index (χ1) is 12.1. The standard InChI is InChI=1S/C20H23N3O2/c1-14(2)23-18-6-5-15(22-16-4-3-9-21-13-16)12-17(18)20(19(23)24)7-10-25-11-8-20/h3-6,9,12-14,22H,7-8,10-11H2,1-2H3. The minimum absolute atomic E-state index is 0.144. The summed E-state index contributed by atoms with van der Waals surface area (Å²) in [6.07, 6.45) is 5.05. The quantitative estimate of drug-likeness (QED) is 0.929. The highest BCUT2D eigenvalue weighted by Crippen LogP contribution is 2.49. The zero-order chi connectivity index (χ0) is 17.4. The van der Waals surface area contributed by atoms with Crippen molar-refractivity contribution in [1.82, 2.24) is 4.98 Å². The molecule has 2 aliphatic rings. The van der Waals surface area contributed by atoms with Crippen LogP contribution in [0.2, 0.25) is 0 Å². The third-order valence-electron chi connectivity index (χ3n) is 5.21. The summed E-state index contributed by atoms with van der Waals surface area (Å²) in [5.41, 5.74) is 3.65. The van der Waals surface area contributed by atoms with Gasteiger partial charge in [0.15, 0.2) is 0 Å². The van der Waals surface area contributed by atoms with Crippen molar-refractivity contribution in [2.75, 3.05) is 23.4 Å². The number of ether oxygens (including phenoxy) is 1. The number of benzene rings is 1. The van der Waals surface area contributed by atoms with Crippen molar-refractivity contribution in [3.8, 4) is 0 Å². The van der Waals surface area contributed by atoms with E-state index in [1.54, 1.807) is 12.4 Å². The van der Waals surface area contributed by atoms with Crippen LogP contribution in [0, 0.1) is 0 Å². The molecule has 2 aliphatic heterocycles. The zero-order valence-electron chi connectivity index (χ0n) is 14.7. The predicted molar refractivity (Wildman–Crippen MR) is 98.3 cm³/mol. The average Bonchev–Trinajstić information content (AvgIpc) is 2.85. The average molecular weight is 337 g/mol. The van der Waals surface area contributed by atoms with Crippen LogP contribution in [0.1, 0.15) is 32.3 Å². The van der Waals surface area contributed by atoms with Crippen molar-refractivity contribution in [2.24, 2.45) is 0 Å². The van der Waals surface area contributed by atoms with E-state index >= 15 is 0 Å². The minimum Gasteiger partial charge on any atom is -0.381 e. The van der Waals surface area contributed by atoms with Crippen molar-refractivity contribution >= 4 is 23.0 Å². The summed E-state index contributed by atoms with van der Waals surface area (Å²) in [4.78, 5) is 19.4. The fraction of sp³-hybridized carbons (Fsp3) is 0.400. The van der Waals surface area contributed by atoms with Gasteiger partial charge in [0.05, 0.1) is 17.3 Å². The van der Waals surface area contributed by atoms with Gasteiger partial charge in [-0.1, -0.05) is 0 Å². The first-order valence-electron chi connectivity index (χ1n) is 8.85. The van der Waals surface area contributed by atoms with Crippen LogP contribution in [0.25, 0.3) is 0 Å². The lowest BCUT2D eigenvalue weighted by molar-refractivity contribution is -0.126. The van der Waals surface area contributed by atoms with Crippen LogP contribution in [0.15, 0.2) is 42.7 Å². The van der Waals surface area contributed by atoms with Gasteiger partial charge in [-0.15, -0.1) is 0 Å². The summed E-state index contributed by atoms with van der Waals surface area (Å²) in [6, 6.07) is 10.3. The topological polar surface area (TPSA) is 54.5 Å². The van der Waals surface area contributed by atoms with Gasteiger partial charge >= 0.3 is 0 Å². The maximum atomic E-state index is 13.3. The fourth-order valence-electron chi connectivity index (χ4n) is 3.98. The van der Waals surface area contributed by atoms with E-state index < -0.39 is 5.41 Å². The molecule has 0 aliphatic carbocycles. The molecule has 0 unspecified atom stereocenters. The molecule has 0 bridgehead atoms. The molecule has 1 aromatic heterocycles. The Hall–Kier alpha value is -2.40. The van der Waals surface area contributed by atoms with E-state index in [9.17, 15) is 4.79 Å². The molecule has 0 saturated carbocycles. The highest BCUT2D eigenvalue weighted by atomic mass is 16.5. The number of aromatic nitrogens is 1. The maximum absolute atomic E-state index is 13.3. The van der Waals surface area contributed by atoms with Crippen LogP contribution < -0.4 is 10.2 Å². The molecule has 0 atom stereocenters. The molecule has 5 heteroatoms. The second-order valence-electron chi connectivity index (χ2n) is 7.06. The molecular formula is C20H23N3O2. The van der Waals surface area contributed by atoms with E-state index in [1.165, 1.54) is 0 Å². The van der Waals surface area contributed by atoms with Crippen molar-refractivity contribution in [3.05, 3.63) is 48.3 Å². The molecule has 130 valence electrons. The van der Waals surface area contributed by atoms with E-state index in [0.29, 0.717) is 13.2 Å². The Kier molecular flexibility index (Phi) is 3.96. The SMILES string of the molecule is CC(C)N1C(=O)C2(CCOCC2)c2cc(Nc3cccnc3)ccc21. The summed E-state index contributed by atoms with van der Waals surface area (Å²) >= 11 is 0. The lowest BCUT2D eigenvalue weighted by Gasteiger charge is -2.33. The number of anilines is 3. The molecule has 0 radical (unpaired) electrons. The normalized spacial score (nSPS) is 18.7. The largest absolute Gasteiger partial charge is 0.381 e. The molecule has 1 spiro atoms. The minimum atomic E-state index is -0.440. The third-order valence-corrected chi connectivity index (χ3v) is 5.21. The van der Waals surface area contributed by atoms with Gasteiger partial charge < -0.3 is 15.0 Å². The fourth-order valence-corrected chi connectivity index (χ4v) is 3.98. The Labute approximate surface area is 148 Å². The molecule has 5 nitrogen and oxygen atoms in total. The Morgan fingerprint density at radius 1 is 1.20 bits per heavy atom. The van der Waals surface area contributed by atoms with Crippen LogP contribution in [0.4, 0.5) is 17.1 Å². The monoisotopic (exact) mass is 337 g/mol. The van der Waals surface area contributed by atoms with E-state index in [-0.39, 0.29) is 11.9 Å². The van der Waals surface area contributed by atoms with Gasteiger partial charge in [0, 0.05) is 36.8 Å². The number of hydrogen-bond acceptors (Lipinski definition) is 4. The van der Waals surface area contributed by atoms with E-state index in [2.05, 4.69) is 36.3 Å². The van der Waals surface area contributed by atoms with Crippen LogP contribution in [0.5, 0.6) is 0 Å². The van der Waals surface area contributed by atoms with Crippen molar-refractivity contribution in [3.63, 3.8) is 0 Å². The van der Waals surface area contributed by atoms with Gasteiger partial charge in [-0.2, -0.15) is 0 Å². The first kappa shape index (κ1) is 16.1. The number of carbonyl (C=O) groups is 1. The lowest BCUT2D eigenvalue weighted by Crippen LogP contribution is -2.46. The predicted octanol–water partition coefficient (Wildman–Crippen LogP) is 3.63. The molecule has 1 saturated heterocycles. The molecule has 2 aromatic rings. The summed E-state index contributed by atoms with van der Waals surface area (Å²) in [6.45, 7) is 5.42. The van der Waals surface area contributed by atoms with Gasteiger partial charge in [-0.25, -0.2) is 0 Å². The summed E-state index contributed by atoms with van der Waals surface area (Å²) in [5, 5.41) is 3.39. The van der Waals surface area contributed by atoms with Crippen molar-refractivity contribution in [2.45, 2.75) is 38.1 Å². The summed E-state index contributed by atoms with van der Waals surface area (Å²) in [7, 11) is 0. The Morgan fingerprint density at radius 2 is 2.00 bits per heavy atom. The molecule has 1 N–H and O–H groups in total. The maximum Gasteiger partial charge on any atom is 0.238 e. The number of hydrogen-bond donors (Lipinski definition) is 1.